The van der Waals surface area contributed by atoms with Crippen LogP contribution in [0.2, 0.25) is 0 Å². The predicted molar refractivity (Wildman–Crippen MR) is 96.0 cm³/mol. The van der Waals surface area contributed by atoms with Gasteiger partial charge >= 0.3 is 11.8 Å². The lowest BCUT2D eigenvalue weighted by Crippen LogP contribution is -2.38. The van der Waals surface area contributed by atoms with E-state index in [-0.39, 0.29) is 6.61 Å². The average molecular weight is 337 g/mol. The lowest BCUT2D eigenvalue weighted by molar-refractivity contribution is -0.136. The smallest absolute Gasteiger partial charge is 0.313 e. The van der Waals surface area contributed by atoms with Crippen LogP contribution in [0.5, 0.6) is 0 Å². The number of H-pyrrole nitrogens is 1. The molecular formula is C19H19N3O3. The largest absolute Gasteiger partial charge is 0.396 e. The van der Waals surface area contributed by atoms with E-state index in [2.05, 4.69) is 15.6 Å². The summed E-state index contributed by atoms with van der Waals surface area (Å²) in [5, 5.41) is 15.4. The third kappa shape index (κ3) is 4.05. The van der Waals surface area contributed by atoms with Crippen molar-refractivity contribution in [3.05, 3.63) is 66.4 Å². The molecule has 1 atom stereocenters. The number of aromatic amines is 1. The van der Waals surface area contributed by atoms with Crippen molar-refractivity contribution in [2.45, 2.75) is 12.5 Å². The molecule has 6 nitrogen and oxygen atoms in total. The molecule has 0 aliphatic heterocycles. The molecule has 0 aliphatic rings. The van der Waals surface area contributed by atoms with Crippen LogP contribution in [0.1, 0.15) is 18.0 Å². The van der Waals surface area contributed by atoms with Gasteiger partial charge in [-0.15, -0.1) is 0 Å². The van der Waals surface area contributed by atoms with Gasteiger partial charge in [-0.3, -0.25) is 9.59 Å². The topological polar surface area (TPSA) is 94.2 Å². The van der Waals surface area contributed by atoms with Crippen LogP contribution in [0.15, 0.2) is 60.8 Å². The lowest BCUT2D eigenvalue weighted by atomic mass is 10.0. The van der Waals surface area contributed by atoms with Gasteiger partial charge in [0.05, 0.1) is 6.04 Å². The number of hydrogen-bond donors (Lipinski definition) is 4. The van der Waals surface area contributed by atoms with E-state index in [1.807, 2.05) is 48.7 Å². The first-order valence-corrected chi connectivity index (χ1v) is 8.02. The number of benzene rings is 2. The summed E-state index contributed by atoms with van der Waals surface area (Å²) < 4.78 is 0. The number of nitrogens with one attached hydrogen (secondary N) is 3. The Kier molecular flexibility index (Phi) is 5.11. The van der Waals surface area contributed by atoms with Gasteiger partial charge in [-0.05, 0) is 36.2 Å². The van der Waals surface area contributed by atoms with E-state index >= 15 is 0 Å². The van der Waals surface area contributed by atoms with Crippen molar-refractivity contribution in [1.29, 1.82) is 0 Å². The number of aliphatic hydroxyl groups excluding tert-OH is 1. The monoisotopic (exact) mass is 337 g/mol. The minimum Gasteiger partial charge on any atom is -0.396 e. The van der Waals surface area contributed by atoms with Crippen molar-refractivity contribution in [2.24, 2.45) is 0 Å². The Morgan fingerprint density at radius 2 is 1.84 bits per heavy atom. The Hall–Kier alpha value is -3.12. The zero-order chi connectivity index (χ0) is 17.6. The summed E-state index contributed by atoms with van der Waals surface area (Å²) >= 11 is 0. The highest BCUT2D eigenvalue weighted by atomic mass is 16.3. The number of amides is 2. The summed E-state index contributed by atoms with van der Waals surface area (Å²) in [7, 11) is 0. The molecule has 2 aromatic carbocycles. The highest BCUT2D eigenvalue weighted by molar-refractivity contribution is 6.39. The summed E-state index contributed by atoms with van der Waals surface area (Å²) in [6.45, 7) is -0.0916. The molecular weight excluding hydrogens is 318 g/mol. The van der Waals surface area contributed by atoms with E-state index in [1.165, 1.54) is 0 Å². The second-order valence-electron chi connectivity index (χ2n) is 5.68. The van der Waals surface area contributed by atoms with Gasteiger partial charge in [0.25, 0.3) is 0 Å². The Balaban J connectivity index is 1.67. The van der Waals surface area contributed by atoms with Gasteiger partial charge < -0.3 is 20.7 Å². The van der Waals surface area contributed by atoms with Crippen LogP contribution in [0.3, 0.4) is 0 Å². The molecule has 1 unspecified atom stereocenters. The number of aromatic nitrogens is 1. The van der Waals surface area contributed by atoms with Crippen LogP contribution in [-0.4, -0.2) is 28.5 Å². The number of carbonyl (C=O) groups excluding carboxylic acids is 2. The number of hydrogen-bond acceptors (Lipinski definition) is 3. The zero-order valence-electron chi connectivity index (χ0n) is 13.5. The Labute approximate surface area is 144 Å². The molecule has 128 valence electrons. The number of anilines is 1. The molecule has 0 bridgehead atoms. The Morgan fingerprint density at radius 3 is 2.60 bits per heavy atom. The maximum atomic E-state index is 12.2. The molecule has 25 heavy (non-hydrogen) atoms. The predicted octanol–water partition coefficient (Wildman–Crippen LogP) is 2.35. The molecule has 6 heteroatoms. The first-order valence-electron chi connectivity index (χ1n) is 8.02. The van der Waals surface area contributed by atoms with E-state index < -0.39 is 17.9 Å². The van der Waals surface area contributed by atoms with E-state index in [0.29, 0.717) is 12.1 Å². The third-order valence-corrected chi connectivity index (χ3v) is 3.94. The SMILES string of the molecule is O=C(Nc1ccc2[nH]ccc2c1)C(=O)NC(CCO)c1ccccc1. The van der Waals surface area contributed by atoms with Crippen LogP contribution >= 0.6 is 0 Å². The quantitative estimate of drug-likeness (QED) is 0.538. The van der Waals surface area contributed by atoms with Gasteiger partial charge in [-0.1, -0.05) is 30.3 Å². The fourth-order valence-electron chi connectivity index (χ4n) is 2.68. The van der Waals surface area contributed by atoms with Crippen LogP contribution in [0.4, 0.5) is 5.69 Å². The van der Waals surface area contributed by atoms with E-state index in [9.17, 15) is 14.7 Å². The minimum absolute atomic E-state index is 0.0916. The van der Waals surface area contributed by atoms with Crippen LogP contribution in [0.25, 0.3) is 10.9 Å². The molecule has 0 saturated carbocycles. The second kappa shape index (κ2) is 7.63. The summed E-state index contributed by atoms with van der Waals surface area (Å²) in [5.74, 6) is -1.48. The summed E-state index contributed by atoms with van der Waals surface area (Å²) in [6.07, 6.45) is 2.14. The van der Waals surface area contributed by atoms with E-state index in [4.69, 9.17) is 0 Å². The highest BCUT2D eigenvalue weighted by Crippen LogP contribution is 2.18. The van der Waals surface area contributed by atoms with Gasteiger partial charge in [0.15, 0.2) is 0 Å². The van der Waals surface area contributed by atoms with Gasteiger partial charge in [0.1, 0.15) is 0 Å². The van der Waals surface area contributed by atoms with Gasteiger partial charge in [-0.2, -0.15) is 0 Å². The number of fused-ring (bicyclic) bond motifs is 1. The standard InChI is InChI=1S/C19H19N3O3/c23-11-9-17(13-4-2-1-3-5-13)22-19(25)18(24)21-15-6-7-16-14(12-15)8-10-20-16/h1-8,10,12,17,20,23H,9,11H2,(H,21,24)(H,22,25). The molecule has 4 N–H and O–H groups in total. The molecule has 3 aromatic rings. The van der Waals surface area contributed by atoms with Crippen LogP contribution in [-0.2, 0) is 9.59 Å². The Morgan fingerprint density at radius 1 is 1.04 bits per heavy atom. The van der Waals surface area contributed by atoms with E-state index in [0.717, 1.165) is 16.5 Å². The fourth-order valence-corrected chi connectivity index (χ4v) is 2.68. The van der Waals surface area contributed by atoms with Crippen molar-refractivity contribution in [2.75, 3.05) is 11.9 Å². The maximum Gasteiger partial charge on any atom is 0.313 e. The van der Waals surface area contributed by atoms with Crippen LogP contribution in [0, 0.1) is 0 Å². The number of rotatable bonds is 5. The molecule has 0 saturated heterocycles. The molecule has 2 amide bonds. The van der Waals surface area contributed by atoms with Crippen LogP contribution < -0.4 is 10.6 Å². The normalized spacial score (nSPS) is 11.9. The van der Waals surface area contributed by atoms with Crippen molar-refractivity contribution in [3.63, 3.8) is 0 Å². The maximum absolute atomic E-state index is 12.2. The Bertz CT molecular complexity index is 874. The van der Waals surface area contributed by atoms with Crippen molar-refractivity contribution in [1.82, 2.24) is 10.3 Å². The number of aliphatic hydroxyl groups is 1. The lowest BCUT2D eigenvalue weighted by Gasteiger charge is -2.18. The highest BCUT2D eigenvalue weighted by Gasteiger charge is 2.19. The molecule has 1 heterocycles. The molecule has 0 fully saturated rings. The third-order valence-electron chi connectivity index (χ3n) is 3.94. The number of carbonyl (C=O) groups is 2. The summed E-state index contributed by atoms with van der Waals surface area (Å²) in [5.41, 5.74) is 2.34. The second-order valence-corrected chi connectivity index (χ2v) is 5.68. The van der Waals surface area contributed by atoms with Gasteiger partial charge in [-0.25, -0.2) is 0 Å². The fraction of sp³-hybridized carbons (Fsp3) is 0.158. The molecule has 0 aliphatic carbocycles. The van der Waals surface area contributed by atoms with Gasteiger partial charge in [0.2, 0.25) is 0 Å². The average Bonchev–Trinajstić information content (AvgIpc) is 3.09. The first-order chi connectivity index (χ1) is 12.2. The summed E-state index contributed by atoms with van der Waals surface area (Å²) in [6, 6.07) is 16.1. The molecule has 3 rings (SSSR count). The van der Waals surface area contributed by atoms with Gasteiger partial charge in [0, 0.05) is 29.4 Å². The first kappa shape index (κ1) is 16.7. The minimum atomic E-state index is -0.742. The van der Waals surface area contributed by atoms with Crippen molar-refractivity contribution < 1.29 is 14.7 Å². The zero-order valence-corrected chi connectivity index (χ0v) is 13.5. The molecule has 0 spiro atoms. The van der Waals surface area contributed by atoms with Crippen molar-refractivity contribution >= 4 is 28.4 Å². The van der Waals surface area contributed by atoms with Crippen molar-refractivity contribution in [3.8, 4) is 0 Å². The molecule has 1 aromatic heterocycles. The molecule has 0 radical (unpaired) electrons. The summed E-state index contributed by atoms with van der Waals surface area (Å²) in [4.78, 5) is 27.4. The van der Waals surface area contributed by atoms with E-state index in [1.54, 1.807) is 12.1 Å².